The Kier molecular flexibility index (Phi) is 10.8. The third kappa shape index (κ3) is 6.78. The highest BCUT2D eigenvalue weighted by atomic mass is 16.2. The minimum atomic E-state index is -0.699. The summed E-state index contributed by atoms with van der Waals surface area (Å²) >= 11 is 0. The van der Waals surface area contributed by atoms with Crippen molar-refractivity contribution < 1.29 is 9.59 Å². The van der Waals surface area contributed by atoms with E-state index in [1.165, 1.54) is 17.0 Å². The van der Waals surface area contributed by atoms with E-state index in [1.807, 2.05) is 13.8 Å². The molecule has 1 fully saturated rings. The van der Waals surface area contributed by atoms with Crippen molar-refractivity contribution in [2.24, 2.45) is 5.92 Å². The molecule has 1 N–H and O–H groups in total. The molecule has 0 aromatic carbocycles. The van der Waals surface area contributed by atoms with Gasteiger partial charge in [0.05, 0.1) is 16.9 Å². The average molecular weight is 361 g/mol. The van der Waals surface area contributed by atoms with Crippen LogP contribution in [0.25, 0.3) is 12.2 Å². The summed E-state index contributed by atoms with van der Waals surface area (Å²) in [6.45, 7) is 15.8. The summed E-state index contributed by atoms with van der Waals surface area (Å²) < 4.78 is 1.27. The van der Waals surface area contributed by atoms with Crippen LogP contribution in [0.1, 0.15) is 60.4 Å². The summed E-state index contributed by atoms with van der Waals surface area (Å²) in [5.74, 6) is 0.0478. The third-order valence-electron chi connectivity index (χ3n) is 3.17. The van der Waals surface area contributed by atoms with Crippen molar-refractivity contribution >= 4 is 24.0 Å². The Morgan fingerprint density at radius 1 is 1.27 bits per heavy atom. The second-order valence-electron chi connectivity index (χ2n) is 6.15. The first-order valence-corrected chi connectivity index (χ1v) is 9.01. The van der Waals surface area contributed by atoms with Gasteiger partial charge in [-0.2, -0.15) is 0 Å². The molecule has 1 atom stereocenters. The van der Waals surface area contributed by atoms with Crippen LogP contribution >= 0.6 is 0 Å². The molecule has 2 heterocycles. The van der Waals surface area contributed by atoms with Crippen molar-refractivity contribution in [3.8, 4) is 0 Å². The van der Waals surface area contributed by atoms with Crippen molar-refractivity contribution in [3.63, 3.8) is 0 Å². The number of nitrogens with zero attached hydrogens (tertiary/aromatic N) is 2. The molecule has 1 aliphatic rings. The van der Waals surface area contributed by atoms with Crippen LogP contribution in [0.2, 0.25) is 0 Å². The van der Waals surface area contributed by atoms with Gasteiger partial charge in [-0.3, -0.25) is 24.3 Å². The number of allylic oxidation sites excluding steroid dienone is 1. The van der Waals surface area contributed by atoms with E-state index >= 15 is 0 Å². The predicted octanol–water partition coefficient (Wildman–Crippen LogP) is 1.68. The molecule has 6 heteroatoms. The van der Waals surface area contributed by atoms with Crippen LogP contribution in [0, 0.1) is 5.92 Å². The fraction of sp³-hybridized carbons (Fsp3) is 0.500. The molecule has 2 rings (SSSR count). The first kappa shape index (κ1) is 23.5. The maximum Gasteiger partial charge on any atom is 0.261 e. The van der Waals surface area contributed by atoms with Gasteiger partial charge in [0.2, 0.25) is 11.8 Å². The monoisotopic (exact) mass is 361 g/mol. The maximum atomic E-state index is 12.4. The number of carbonyl (C=O) groups excluding carboxylic acids is 2. The average Bonchev–Trinajstić information content (AvgIpc) is 2.59. The van der Waals surface area contributed by atoms with Crippen molar-refractivity contribution in [1.29, 1.82) is 0 Å². The smallest absolute Gasteiger partial charge is 0.261 e. The van der Waals surface area contributed by atoms with Crippen LogP contribution in [0.3, 0.4) is 0 Å². The van der Waals surface area contributed by atoms with Gasteiger partial charge in [0.15, 0.2) is 0 Å². The Morgan fingerprint density at radius 3 is 2.31 bits per heavy atom. The van der Waals surface area contributed by atoms with E-state index in [4.69, 9.17) is 0 Å². The Labute approximate surface area is 155 Å². The Morgan fingerprint density at radius 2 is 1.85 bits per heavy atom. The van der Waals surface area contributed by atoms with Crippen molar-refractivity contribution in [1.82, 2.24) is 14.9 Å². The molecule has 1 aromatic heterocycles. The summed E-state index contributed by atoms with van der Waals surface area (Å²) in [5.41, 5.74) is -0.317. The Hall–Kier alpha value is -2.50. The lowest BCUT2D eigenvalue weighted by Gasteiger charge is -2.22. The van der Waals surface area contributed by atoms with Gasteiger partial charge in [-0.1, -0.05) is 53.3 Å². The fourth-order valence-electron chi connectivity index (χ4n) is 2.17. The molecule has 6 nitrogen and oxygen atoms in total. The van der Waals surface area contributed by atoms with Crippen molar-refractivity contribution in [3.05, 3.63) is 39.9 Å². The molecule has 1 unspecified atom stereocenters. The Balaban J connectivity index is 0.000000920. The van der Waals surface area contributed by atoms with Crippen molar-refractivity contribution in [2.45, 2.75) is 60.4 Å². The summed E-state index contributed by atoms with van der Waals surface area (Å²) in [6, 6.07) is -0.699. The standard InChI is InChI=1S/C14H15N3O3.C4H10.C2H6/c1-3-5-9-10(4-2)15-8-17(14(9)20)11-6-7-12(18)16-13(11)19;1-4(2)3;1-2/h3-5,8,11H,1,6-7H2,2H3,(H,16,18,19);4H,1-3H3;1-2H3/b9-5+,10-4+;;. The topological polar surface area (TPSA) is 81.1 Å². The van der Waals surface area contributed by atoms with E-state index in [2.05, 4.69) is 37.7 Å². The van der Waals surface area contributed by atoms with Crippen molar-refractivity contribution in [2.75, 3.05) is 0 Å². The van der Waals surface area contributed by atoms with E-state index in [0.717, 1.165) is 5.92 Å². The number of amides is 2. The quantitative estimate of drug-likeness (QED) is 0.813. The van der Waals surface area contributed by atoms with Gasteiger partial charge in [0.25, 0.3) is 5.56 Å². The third-order valence-corrected chi connectivity index (χ3v) is 3.17. The zero-order chi connectivity index (χ0) is 20.3. The van der Waals surface area contributed by atoms with Gasteiger partial charge < -0.3 is 0 Å². The number of nitrogens with one attached hydrogen (secondary N) is 1. The molecular weight excluding hydrogens is 330 g/mol. The normalized spacial score (nSPS) is 17.7. The number of aromatic nitrogens is 2. The predicted molar refractivity (Wildman–Crippen MR) is 106 cm³/mol. The molecule has 1 aromatic rings. The van der Waals surface area contributed by atoms with Crippen LogP contribution in [0.5, 0.6) is 0 Å². The molecule has 1 saturated heterocycles. The van der Waals surface area contributed by atoms with Gasteiger partial charge in [-0.05, 0) is 25.3 Å². The van der Waals surface area contributed by atoms with E-state index in [0.29, 0.717) is 17.0 Å². The van der Waals surface area contributed by atoms with E-state index in [-0.39, 0.29) is 17.9 Å². The van der Waals surface area contributed by atoms with Gasteiger partial charge in [0, 0.05) is 6.42 Å². The lowest BCUT2D eigenvalue weighted by atomic mass is 10.1. The highest BCUT2D eigenvalue weighted by molar-refractivity contribution is 5.99. The molecule has 0 saturated carbocycles. The minimum Gasteiger partial charge on any atom is -0.295 e. The van der Waals surface area contributed by atoms with Gasteiger partial charge in [-0.15, -0.1) is 0 Å². The first-order chi connectivity index (χ1) is 12.3. The van der Waals surface area contributed by atoms with Crippen LogP contribution in [-0.4, -0.2) is 21.4 Å². The largest absolute Gasteiger partial charge is 0.295 e. The SMILES string of the molecule is C=C/C=c1/c(=O)n(C2CCC(=O)NC2=O)cn/c1=C/C.CC.CC(C)C. The highest BCUT2D eigenvalue weighted by Gasteiger charge is 2.28. The zero-order valence-corrected chi connectivity index (χ0v) is 16.7. The zero-order valence-electron chi connectivity index (χ0n) is 16.7. The lowest BCUT2D eigenvalue weighted by molar-refractivity contribution is -0.135. The fourth-order valence-corrected chi connectivity index (χ4v) is 2.17. The molecule has 0 spiro atoms. The number of imide groups is 1. The van der Waals surface area contributed by atoms with Crippen LogP contribution in [0.4, 0.5) is 0 Å². The molecule has 144 valence electrons. The Bertz CT molecular complexity index is 789. The summed E-state index contributed by atoms with van der Waals surface area (Å²) in [4.78, 5) is 39.6. The minimum absolute atomic E-state index is 0.213. The second kappa shape index (κ2) is 12.0. The van der Waals surface area contributed by atoms with Gasteiger partial charge in [0.1, 0.15) is 6.04 Å². The number of hydrogen-bond donors (Lipinski definition) is 1. The molecule has 0 bridgehead atoms. The number of carbonyl (C=O) groups is 2. The second-order valence-corrected chi connectivity index (χ2v) is 6.15. The first-order valence-electron chi connectivity index (χ1n) is 9.01. The molecule has 0 radical (unpaired) electrons. The summed E-state index contributed by atoms with van der Waals surface area (Å²) in [5, 5.41) is 3.16. The van der Waals surface area contributed by atoms with Gasteiger partial charge >= 0.3 is 0 Å². The summed E-state index contributed by atoms with van der Waals surface area (Å²) in [6.07, 6.45) is 6.64. The number of hydrogen-bond acceptors (Lipinski definition) is 4. The van der Waals surface area contributed by atoms with E-state index in [1.54, 1.807) is 19.1 Å². The molecule has 2 amide bonds. The van der Waals surface area contributed by atoms with E-state index in [9.17, 15) is 14.4 Å². The maximum absolute atomic E-state index is 12.4. The number of rotatable bonds is 2. The van der Waals surface area contributed by atoms with Gasteiger partial charge in [-0.25, -0.2) is 4.98 Å². The van der Waals surface area contributed by atoms with Crippen LogP contribution in [-0.2, 0) is 9.59 Å². The molecule has 0 aliphatic carbocycles. The highest BCUT2D eigenvalue weighted by Crippen LogP contribution is 2.15. The van der Waals surface area contributed by atoms with Crippen LogP contribution in [0.15, 0.2) is 23.8 Å². The molecule has 26 heavy (non-hydrogen) atoms. The van der Waals surface area contributed by atoms with Crippen LogP contribution < -0.4 is 21.4 Å². The lowest BCUT2D eigenvalue weighted by Crippen LogP contribution is -2.51. The van der Waals surface area contributed by atoms with E-state index < -0.39 is 11.9 Å². The molecule has 1 aliphatic heterocycles. The summed E-state index contributed by atoms with van der Waals surface area (Å²) in [7, 11) is 0. The molecular formula is C20H31N3O3. The number of piperidine rings is 1.